The number of carbonyl (C=O) groups excluding carboxylic acids is 1. The second-order valence-corrected chi connectivity index (χ2v) is 8.16. The Labute approximate surface area is 185 Å². The van der Waals surface area contributed by atoms with Crippen molar-refractivity contribution in [1.82, 2.24) is 25.2 Å². The second kappa shape index (κ2) is 8.88. The molecule has 7 heteroatoms. The molecule has 1 fully saturated rings. The normalized spacial score (nSPS) is 15.2. The van der Waals surface area contributed by atoms with E-state index >= 15 is 0 Å². The number of piperidine rings is 1. The summed E-state index contributed by atoms with van der Waals surface area (Å²) >= 11 is 0. The summed E-state index contributed by atoms with van der Waals surface area (Å²) in [5.41, 5.74) is 3.60. The number of likely N-dealkylation sites (tertiary alicyclic amines) is 1. The van der Waals surface area contributed by atoms with Crippen LogP contribution in [0.15, 0.2) is 66.9 Å². The molecule has 0 spiro atoms. The van der Waals surface area contributed by atoms with Crippen molar-refractivity contribution in [3.8, 4) is 11.4 Å². The van der Waals surface area contributed by atoms with E-state index in [1.807, 2.05) is 6.07 Å². The van der Waals surface area contributed by atoms with Crippen molar-refractivity contribution in [3.05, 3.63) is 83.8 Å². The minimum Gasteiger partial charge on any atom is -0.349 e. The first-order valence-electron chi connectivity index (χ1n) is 10.8. The van der Waals surface area contributed by atoms with Gasteiger partial charge in [-0.2, -0.15) is 0 Å². The number of amides is 1. The number of imidazole rings is 1. The Balaban J connectivity index is 1.26. The number of hydrogen-bond donors (Lipinski definition) is 2. The third-order valence-corrected chi connectivity index (χ3v) is 5.92. The SMILES string of the molecule is O=C(NC1CCN(Cc2ccccc2)CC1)c1ccnc2[nH]c(-c3ccc(F)cc3)nc12. The van der Waals surface area contributed by atoms with Crippen LogP contribution in [0.1, 0.15) is 28.8 Å². The number of halogens is 1. The summed E-state index contributed by atoms with van der Waals surface area (Å²) in [6, 6.07) is 18.3. The fourth-order valence-corrected chi connectivity index (χ4v) is 4.18. The molecule has 5 rings (SSSR count). The van der Waals surface area contributed by atoms with E-state index in [0.29, 0.717) is 22.6 Å². The van der Waals surface area contributed by atoms with Gasteiger partial charge in [-0.25, -0.2) is 14.4 Å². The molecule has 0 radical (unpaired) electrons. The Hall–Kier alpha value is -3.58. The first kappa shape index (κ1) is 20.3. The van der Waals surface area contributed by atoms with Gasteiger partial charge < -0.3 is 10.3 Å². The van der Waals surface area contributed by atoms with Crippen LogP contribution in [-0.4, -0.2) is 44.9 Å². The number of nitrogens with one attached hydrogen (secondary N) is 2. The molecule has 32 heavy (non-hydrogen) atoms. The van der Waals surface area contributed by atoms with Crippen LogP contribution in [0, 0.1) is 5.82 Å². The highest BCUT2D eigenvalue weighted by molar-refractivity contribution is 6.04. The molecule has 0 unspecified atom stereocenters. The molecule has 1 amide bonds. The van der Waals surface area contributed by atoms with Gasteiger partial charge >= 0.3 is 0 Å². The van der Waals surface area contributed by atoms with Gasteiger partial charge in [-0.05, 0) is 48.7 Å². The lowest BCUT2D eigenvalue weighted by Gasteiger charge is -2.32. The zero-order valence-corrected chi connectivity index (χ0v) is 17.6. The quantitative estimate of drug-likeness (QED) is 0.500. The van der Waals surface area contributed by atoms with Crippen LogP contribution in [0.4, 0.5) is 4.39 Å². The molecule has 0 atom stereocenters. The van der Waals surface area contributed by atoms with Crippen molar-refractivity contribution in [3.63, 3.8) is 0 Å². The van der Waals surface area contributed by atoms with Gasteiger partial charge in [0.15, 0.2) is 5.65 Å². The molecule has 3 heterocycles. The fourth-order valence-electron chi connectivity index (χ4n) is 4.18. The molecule has 2 N–H and O–H groups in total. The monoisotopic (exact) mass is 429 g/mol. The van der Waals surface area contributed by atoms with Gasteiger partial charge in [-0.1, -0.05) is 30.3 Å². The van der Waals surface area contributed by atoms with Crippen molar-refractivity contribution in [2.45, 2.75) is 25.4 Å². The molecule has 4 aromatic rings. The predicted octanol–water partition coefficient (Wildman–Crippen LogP) is 4.16. The van der Waals surface area contributed by atoms with Crippen molar-refractivity contribution in [1.29, 1.82) is 0 Å². The van der Waals surface area contributed by atoms with Gasteiger partial charge in [0.05, 0.1) is 5.56 Å². The van der Waals surface area contributed by atoms with Crippen molar-refractivity contribution >= 4 is 17.1 Å². The number of aromatic nitrogens is 3. The van der Waals surface area contributed by atoms with Crippen LogP contribution < -0.4 is 5.32 Å². The van der Waals surface area contributed by atoms with Crippen LogP contribution in [0.5, 0.6) is 0 Å². The van der Waals surface area contributed by atoms with Crippen molar-refractivity contribution < 1.29 is 9.18 Å². The molecule has 0 aliphatic carbocycles. The number of hydrogen-bond acceptors (Lipinski definition) is 4. The molecule has 2 aromatic carbocycles. The molecule has 2 aromatic heterocycles. The number of nitrogens with zero attached hydrogens (tertiary/aromatic N) is 3. The lowest BCUT2D eigenvalue weighted by Crippen LogP contribution is -2.44. The number of pyridine rings is 1. The Morgan fingerprint density at radius 2 is 1.81 bits per heavy atom. The molecule has 1 aliphatic rings. The first-order chi connectivity index (χ1) is 15.7. The summed E-state index contributed by atoms with van der Waals surface area (Å²) in [7, 11) is 0. The van der Waals surface area contributed by atoms with E-state index in [0.717, 1.165) is 38.0 Å². The van der Waals surface area contributed by atoms with Gasteiger partial charge in [0.1, 0.15) is 17.2 Å². The zero-order valence-electron chi connectivity index (χ0n) is 17.6. The Kier molecular flexibility index (Phi) is 5.64. The highest BCUT2D eigenvalue weighted by Crippen LogP contribution is 2.22. The van der Waals surface area contributed by atoms with E-state index in [-0.39, 0.29) is 17.8 Å². The Morgan fingerprint density at radius 3 is 2.56 bits per heavy atom. The van der Waals surface area contributed by atoms with E-state index in [4.69, 9.17) is 0 Å². The number of rotatable bonds is 5. The average Bonchev–Trinajstić information content (AvgIpc) is 3.26. The predicted molar refractivity (Wildman–Crippen MR) is 121 cm³/mol. The molecule has 0 saturated carbocycles. The summed E-state index contributed by atoms with van der Waals surface area (Å²) in [4.78, 5) is 27.5. The number of fused-ring (bicyclic) bond motifs is 1. The maximum atomic E-state index is 13.2. The van der Waals surface area contributed by atoms with E-state index in [2.05, 4.69) is 49.4 Å². The summed E-state index contributed by atoms with van der Waals surface area (Å²) in [6.07, 6.45) is 3.43. The van der Waals surface area contributed by atoms with Crippen LogP contribution in [0.25, 0.3) is 22.6 Å². The van der Waals surface area contributed by atoms with Crippen molar-refractivity contribution in [2.24, 2.45) is 0 Å². The summed E-state index contributed by atoms with van der Waals surface area (Å²) < 4.78 is 13.2. The van der Waals surface area contributed by atoms with Gasteiger partial charge in [-0.3, -0.25) is 9.69 Å². The third kappa shape index (κ3) is 4.38. The lowest BCUT2D eigenvalue weighted by atomic mass is 10.0. The smallest absolute Gasteiger partial charge is 0.253 e. The highest BCUT2D eigenvalue weighted by atomic mass is 19.1. The topological polar surface area (TPSA) is 73.9 Å². The molecular formula is C25H24FN5O. The summed E-state index contributed by atoms with van der Waals surface area (Å²) in [5.74, 6) is 0.107. The van der Waals surface area contributed by atoms with Crippen LogP contribution in [0.2, 0.25) is 0 Å². The maximum Gasteiger partial charge on any atom is 0.253 e. The zero-order chi connectivity index (χ0) is 21.9. The number of carbonyl (C=O) groups is 1. The number of aromatic amines is 1. The van der Waals surface area contributed by atoms with Crippen LogP contribution in [0.3, 0.4) is 0 Å². The highest BCUT2D eigenvalue weighted by Gasteiger charge is 2.23. The fraction of sp³-hybridized carbons (Fsp3) is 0.240. The van der Waals surface area contributed by atoms with Gasteiger partial charge in [0.25, 0.3) is 5.91 Å². The van der Waals surface area contributed by atoms with Crippen LogP contribution >= 0.6 is 0 Å². The first-order valence-corrected chi connectivity index (χ1v) is 10.8. The molecular weight excluding hydrogens is 405 g/mol. The Bertz CT molecular complexity index is 1210. The molecule has 6 nitrogen and oxygen atoms in total. The number of benzene rings is 2. The third-order valence-electron chi connectivity index (χ3n) is 5.92. The van der Waals surface area contributed by atoms with Gasteiger partial charge in [0, 0.05) is 37.4 Å². The van der Waals surface area contributed by atoms with Crippen molar-refractivity contribution in [2.75, 3.05) is 13.1 Å². The lowest BCUT2D eigenvalue weighted by molar-refractivity contribution is 0.0910. The average molecular weight is 429 g/mol. The van der Waals surface area contributed by atoms with E-state index in [9.17, 15) is 9.18 Å². The molecule has 1 saturated heterocycles. The van der Waals surface area contributed by atoms with E-state index in [1.54, 1.807) is 24.4 Å². The Morgan fingerprint density at radius 1 is 1.06 bits per heavy atom. The molecule has 0 bridgehead atoms. The van der Waals surface area contributed by atoms with Gasteiger partial charge in [-0.15, -0.1) is 0 Å². The largest absolute Gasteiger partial charge is 0.349 e. The maximum absolute atomic E-state index is 13.2. The standard InChI is InChI=1S/C25H24FN5O/c26-19-8-6-18(7-9-19)23-29-22-21(10-13-27-24(22)30-23)25(32)28-20-11-14-31(15-12-20)16-17-4-2-1-3-5-17/h1-10,13,20H,11-12,14-16H2,(H,28,32)(H,27,29,30). The van der Waals surface area contributed by atoms with E-state index in [1.165, 1.54) is 17.7 Å². The molecule has 162 valence electrons. The van der Waals surface area contributed by atoms with E-state index < -0.39 is 0 Å². The minimum atomic E-state index is -0.308. The number of H-pyrrole nitrogens is 1. The van der Waals surface area contributed by atoms with Crippen LogP contribution in [-0.2, 0) is 6.54 Å². The second-order valence-electron chi connectivity index (χ2n) is 8.16. The van der Waals surface area contributed by atoms with Gasteiger partial charge in [0.2, 0.25) is 0 Å². The summed E-state index contributed by atoms with van der Waals surface area (Å²) in [6.45, 7) is 2.83. The summed E-state index contributed by atoms with van der Waals surface area (Å²) in [5, 5.41) is 3.17. The molecule has 1 aliphatic heterocycles. The minimum absolute atomic E-state index is 0.133.